The molecule has 0 saturated heterocycles. The fraction of sp³-hybridized carbons (Fsp3) is 0.696. The van der Waals surface area contributed by atoms with Crippen LogP contribution in [0.15, 0.2) is 69.9 Å². The van der Waals surface area contributed by atoms with Crippen molar-refractivity contribution >= 4 is 11.9 Å². The molecule has 0 atom stereocenters. The second kappa shape index (κ2) is 39.2. The standard InChI is InChI=1S/C30H50.2C8H16O2/c1-25(2)15-11-19-29(7)23-13-21-27(5)17-9-10-18-28(6)22-14-24-30(8)20-12-16-26(3)4;2*1-2-3-4-5-6-7-8(9)10/h15-18,23-24H,9-14,19-22H2,1-8H3;2*2-7H2,1H3,(H,9,10). The van der Waals surface area contributed by atoms with E-state index in [1.807, 2.05) is 0 Å². The summed E-state index contributed by atoms with van der Waals surface area (Å²) in [5.74, 6) is -1.34. The molecule has 0 unspecified atom stereocenters. The van der Waals surface area contributed by atoms with Crippen LogP contribution in [0.4, 0.5) is 0 Å². The van der Waals surface area contributed by atoms with Gasteiger partial charge in [-0.3, -0.25) is 9.59 Å². The minimum absolute atomic E-state index is 0.337. The predicted octanol–water partition coefficient (Wildman–Crippen LogP) is 15.5. The zero-order valence-electron chi connectivity index (χ0n) is 34.7. The Labute approximate surface area is 311 Å². The van der Waals surface area contributed by atoms with Crippen LogP contribution >= 0.6 is 0 Å². The Morgan fingerprint density at radius 1 is 0.360 bits per heavy atom. The summed E-state index contributed by atoms with van der Waals surface area (Å²) in [5, 5.41) is 16.5. The molecule has 0 aromatic rings. The van der Waals surface area contributed by atoms with Gasteiger partial charge in [0, 0.05) is 12.8 Å². The maximum atomic E-state index is 10.0. The fourth-order valence-corrected chi connectivity index (χ4v) is 5.10. The number of unbranched alkanes of at least 4 members (excludes halogenated alkanes) is 9. The van der Waals surface area contributed by atoms with Gasteiger partial charge in [0.1, 0.15) is 0 Å². The Balaban J connectivity index is -0.000000893. The summed E-state index contributed by atoms with van der Waals surface area (Å²) in [5.41, 5.74) is 8.97. The topological polar surface area (TPSA) is 74.6 Å². The van der Waals surface area contributed by atoms with Gasteiger partial charge < -0.3 is 10.2 Å². The number of carboxylic acid groups (broad SMARTS) is 2. The van der Waals surface area contributed by atoms with E-state index in [0.29, 0.717) is 12.8 Å². The highest BCUT2D eigenvalue weighted by Crippen LogP contribution is 2.15. The van der Waals surface area contributed by atoms with Crippen LogP contribution in [-0.2, 0) is 9.59 Å². The minimum atomic E-state index is -0.670. The fourth-order valence-electron chi connectivity index (χ4n) is 5.10. The van der Waals surface area contributed by atoms with Gasteiger partial charge in [0.2, 0.25) is 0 Å². The van der Waals surface area contributed by atoms with Gasteiger partial charge in [-0.15, -0.1) is 0 Å². The van der Waals surface area contributed by atoms with E-state index in [1.165, 1.54) is 136 Å². The molecule has 0 radical (unpaired) electrons. The first-order valence-electron chi connectivity index (χ1n) is 20.1. The smallest absolute Gasteiger partial charge is 0.303 e. The maximum Gasteiger partial charge on any atom is 0.303 e. The van der Waals surface area contributed by atoms with E-state index in [1.54, 1.807) is 0 Å². The van der Waals surface area contributed by atoms with E-state index in [0.717, 1.165) is 25.7 Å². The first-order valence-corrected chi connectivity index (χ1v) is 20.1. The molecule has 0 fully saturated rings. The quantitative estimate of drug-likeness (QED) is 0.0661. The minimum Gasteiger partial charge on any atom is -0.481 e. The lowest BCUT2D eigenvalue weighted by Crippen LogP contribution is -1.93. The number of carbonyl (C=O) groups is 2. The molecule has 0 bridgehead atoms. The van der Waals surface area contributed by atoms with Crippen LogP contribution in [-0.4, -0.2) is 22.2 Å². The van der Waals surface area contributed by atoms with Gasteiger partial charge >= 0.3 is 11.9 Å². The molecule has 0 aliphatic rings. The Hall–Kier alpha value is -2.62. The van der Waals surface area contributed by atoms with Gasteiger partial charge in [0.05, 0.1) is 0 Å². The van der Waals surface area contributed by atoms with Crippen LogP contribution in [0.25, 0.3) is 0 Å². The molecular formula is C46H82O4. The third-order valence-corrected chi connectivity index (χ3v) is 8.39. The van der Waals surface area contributed by atoms with Crippen LogP contribution in [0, 0.1) is 0 Å². The Bertz CT molecular complexity index is 929. The number of rotatable bonds is 27. The average molecular weight is 699 g/mol. The van der Waals surface area contributed by atoms with Crippen LogP contribution in [0.2, 0.25) is 0 Å². The molecule has 0 rings (SSSR count). The number of aliphatic carboxylic acids is 2. The summed E-state index contributed by atoms with van der Waals surface area (Å²) >= 11 is 0. The molecule has 2 N–H and O–H groups in total. The summed E-state index contributed by atoms with van der Waals surface area (Å²) in [7, 11) is 0. The van der Waals surface area contributed by atoms with E-state index >= 15 is 0 Å². The molecule has 0 saturated carbocycles. The molecule has 0 heterocycles. The van der Waals surface area contributed by atoms with Crippen molar-refractivity contribution in [3.8, 4) is 0 Å². The third-order valence-electron chi connectivity index (χ3n) is 8.39. The van der Waals surface area contributed by atoms with Crippen LogP contribution in [0.3, 0.4) is 0 Å². The Morgan fingerprint density at radius 3 is 0.880 bits per heavy atom. The van der Waals surface area contributed by atoms with Gasteiger partial charge in [-0.1, -0.05) is 135 Å². The van der Waals surface area contributed by atoms with Crippen LogP contribution in [0.5, 0.6) is 0 Å². The van der Waals surface area contributed by atoms with Crippen LogP contribution < -0.4 is 0 Å². The molecule has 0 aliphatic carbocycles. The molecule has 0 aromatic carbocycles. The molecule has 0 amide bonds. The second-order valence-electron chi connectivity index (χ2n) is 14.6. The number of allylic oxidation sites excluding steroid dienone is 12. The van der Waals surface area contributed by atoms with Crippen molar-refractivity contribution in [3.63, 3.8) is 0 Å². The van der Waals surface area contributed by atoms with E-state index in [2.05, 4.69) is 106 Å². The maximum absolute atomic E-state index is 10.0. The van der Waals surface area contributed by atoms with Gasteiger partial charge in [-0.05, 0) is 132 Å². The normalized spacial score (nSPS) is 12.0. The first-order chi connectivity index (χ1) is 23.7. The largest absolute Gasteiger partial charge is 0.481 e. The van der Waals surface area contributed by atoms with Crippen molar-refractivity contribution < 1.29 is 19.8 Å². The van der Waals surface area contributed by atoms with Gasteiger partial charge in [0.25, 0.3) is 0 Å². The lowest BCUT2D eigenvalue weighted by Gasteiger charge is -2.02. The number of hydrogen-bond donors (Lipinski definition) is 2. The summed E-state index contributed by atoms with van der Waals surface area (Å²) in [6.45, 7) is 22.1. The van der Waals surface area contributed by atoms with Crippen molar-refractivity contribution in [2.45, 2.75) is 210 Å². The second-order valence-corrected chi connectivity index (χ2v) is 14.6. The molecule has 4 nitrogen and oxygen atoms in total. The molecular weight excluding hydrogens is 617 g/mol. The average Bonchev–Trinajstić information content (AvgIpc) is 3.03. The van der Waals surface area contributed by atoms with E-state index in [-0.39, 0.29) is 0 Å². The Morgan fingerprint density at radius 2 is 0.620 bits per heavy atom. The molecule has 4 heteroatoms. The molecule has 0 aliphatic heterocycles. The van der Waals surface area contributed by atoms with Gasteiger partial charge in [0.15, 0.2) is 0 Å². The number of hydrogen-bond acceptors (Lipinski definition) is 2. The lowest BCUT2D eigenvalue weighted by atomic mass is 10.0. The Kier molecular flexibility index (Phi) is 40.5. The molecule has 0 aromatic heterocycles. The van der Waals surface area contributed by atoms with Crippen molar-refractivity contribution in [2.24, 2.45) is 0 Å². The van der Waals surface area contributed by atoms with E-state index < -0.39 is 11.9 Å². The lowest BCUT2D eigenvalue weighted by molar-refractivity contribution is -0.138. The highest BCUT2D eigenvalue weighted by atomic mass is 16.4. The third kappa shape index (κ3) is 49.8. The van der Waals surface area contributed by atoms with E-state index in [9.17, 15) is 9.59 Å². The highest BCUT2D eigenvalue weighted by Gasteiger charge is 1.97. The monoisotopic (exact) mass is 699 g/mol. The van der Waals surface area contributed by atoms with Crippen LogP contribution in [0.1, 0.15) is 210 Å². The zero-order valence-corrected chi connectivity index (χ0v) is 34.7. The zero-order chi connectivity index (χ0) is 38.4. The van der Waals surface area contributed by atoms with Crippen molar-refractivity contribution in [2.75, 3.05) is 0 Å². The predicted molar refractivity (Wildman–Crippen MR) is 222 cm³/mol. The van der Waals surface area contributed by atoms with Crippen molar-refractivity contribution in [1.29, 1.82) is 0 Å². The summed E-state index contributed by atoms with van der Waals surface area (Å²) < 4.78 is 0. The number of carboxylic acids is 2. The first kappa shape index (κ1) is 51.7. The van der Waals surface area contributed by atoms with Crippen molar-refractivity contribution in [3.05, 3.63) is 69.9 Å². The molecule has 290 valence electrons. The SMILES string of the molecule is CC(C)=CCCC(C)=CCCC(C)=CCCC=C(C)CCC=C(C)CCC=C(C)C.CCCCCCCC(=O)O.CCCCCCCC(=O)O. The van der Waals surface area contributed by atoms with E-state index in [4.69, 9.17) is 10.2 Å². The van der Waals surface area contributed by atoms with Gasteiger partial charge in [-0.2, -0.15) is 0 Å². The van der Waals surface area contributed by atoms with Gasteiger partial charge in [-0.25, -0.2) is 0 Å². The summed E-state index contributed by atoms with van der Waals surface area (Å²) in [6, 6.07) is 0. The highest BCUT2D eigenvalue weighted by molar-refractivity contribution is 5.66. The molecule has 50 heavy (non-hydrogen) atoms. The summed E-state index contributed by atoms with van der Waals surface area (Å²) in [4.78, 5) is 20.1. The summed E-state index contributed by atoms with van der Waals surface area (Å²) in [6.07, 6.45) is 38.0. The molecule has 0 spiro atoms. The van der Waals surface area contributed by atoms with Crippen molar-refractivity contribution in [1.82, 2.24) is 0 Å².